The van der Waals surface area contributed by atoms with Crippen LogP contribution in [0.3, 0.4) is 0 Å². The van der Waals surface area contributed by atoms with Crippen LogP contribution in [0.2, 0.25) is 0 Å². The van der Waals surface area contributed by atoms with Crippen LogP contribution in [-0.2, 0) is 16.1 Å². The second-order valence-corrected chi connectivity index (χ2v) is 6.16. The topological polar surface area (TPSA) is 71.7 Å². The van der Waals surface area contributed by atoms with Gasteiger partial charge in [-0.15, -0.1) is 0 Å². The van der Waals surface area contributed by atoms with Gasteiger partial charge in [-0.2, -0.15) is 0 Å². The molecule has 1 aliphatic carbocycles. The number of carbonyl (C=O) groups is 2. The highest BCUT2D eigenvalue weighted by Gasteiger charge is 2.28. The van der Waals surface area contributed by atoms with Crippen LogP contribution in [-0.4, -0.2) is 17.4 Å². The summed E-state index contributed by atoms with van der Waals surface area (Å²) in [4.78, 5) is 28.6. The first-order valence-electron chi connectivity index (χ1n) is 8.02. The lowest BCUT2D eigenvalue weighted by Gasteiger charge is -2.27. The number of rotatable bonds is 4. The molecule has 3 rings (SSSR count). The molecule has 5 heteroatoms. The number of Topliss-reactive ketones (excluding diaryl/α,β-unsaturated/α-hetero) is 1. The molecule has 24 heavy (non-hydrogen) atoms. The molecular formula is C19H20N2O3. The Balaban J connectivity index is 1.80. The van der Waals surface area contributed by atoms with Crippen molar-refractivity contribution in [2.75, 3.05) is 0 Å². The predicted octanol–water partition coefficient (Wildman–Crippen LogP) is 2.96. The smallest absolute Gasteiger partial charge is 0.247 e. The Morgan fingerprint density at radius 3 is 2.96 bits per heavy atom. The Bertz CT molecular complexity index is 767. The van der Waals surface area contributed by atoms with Crippen LogP contribution in [0.4, 0.5) is 0 Å². The number of ketones is 1. The van der Waals surface area contributed by atoms with Crippen LogP contribution < -0.4 is 5.32 Å². The van der Waals surface area contributed by atoms with Gasteiger partial charge in [0, 0.05) is 30.3 Å². The zero-order chi connectivity index (χ0) is 17.1. The molecular weight excluding hydrogens is 304 g/mol. The van der Waals surface area contributed by atoms with Gasteiger partial charge in [0.25, 0.3) is 0 Å². The first-order chi connectivity index (χ1) is 11.5. The quantitative estimate of drug-likeness (QED) is 0.925. The van der Waals surface area contributed by atoms with Gasteiger partial charge in [-0.05, 0) is 30.4 Å². The summed E-state index contributed by atoms with van der Waals surface area (Å²) in [5.74, 6) is -0.0585. The summed E-state index contributed by atoms with van der Waals surface area (Å²) >= 11 is 0. The van der Waals surface area contributed by atoms with Crippen LogP contribution in [0, 0.1) is 11.8 Å². The molecule has 2 aliphatic rings. The Morgan fingerprint density at radius 1 is 1.42 bits per heavy atom. The Labute approximate surface area is 140 Å². The van der Waals surface area contributed by atoms with Crippen LogP contribution in [0.15, 0.2) is 63.6 Å². The van der Waals surface area contributed by atoms with E-state index in [0.717, 1.165) is 17.7 Å². The highest BCUT2D eigenvalue weighted by atomic mass is 16.3. The van der Waals surface area contributed by atoms with Crippen molar-refractivity contribution >= 4 is 17.4 Å². The molecule has 0 spiro atoms. The third-order valence-corrected chi connectivity index (χ3v) is 4.43. The number of fused-ring (bicyclic) bond motifs is 2. The maximum atomic E-state index is 12.6. The molecule has 124 valence electrons. The number of hydrogen-bond donors (Lipinski definition) is 1. The van der Waals surface area contributed by atoms with Crippen LogP contribution in [0.1, 0.15) is 25.8 Å². The first-order valence-corrected chi connectivity index (χ1v) is 8.02. The van der Waals surface area contributed by atoms with Gasteiger partial charge < -0.3 is 9.73 Å². The lowest BCUT2D eigenvalue weighted by Crippen LogP contribution is -2.31. The second-order valence-electron chi connectivity index (χ2n) is 6.16. The van der Waals surface area contributed by atoms with E-state index in [1.807, 2.05) is 37.3 Å². The van der Waals surface area contributed by atoms with Gasteiger partial charge in [-0.1, -0.05) is 25.2 Å². The first kappa shape index (κ1) is 16.2. The number of furan rings is 1. The minimum absolute atomic E-state index is 0.000787. The Kier molecular flexibility index (Phi) is 4.60. The van der Waals surface area contributed by atoms with Crippen LogP contribution in [0.5, 0.6) is 0 Å². The summed E-state index contributed by atoms with van der Waals surface area (Å²) < 4.78 is 5.01. The van der Waals surface area contributed by atoms with Crippen molar-refractivity contribution in [3.05, 3.63) is 59.7 Å². The minimum Gasteiger partial charge on any atom is -0.472 e. The molecule has 1 amide bonds. The normalized spacial score (nSPS) is 26.2. The second kappa shape index (κ2) is 6.83. The lowest BCUT2D eigenvalue weighted by atomic mass is 9.80. The van der Waals surface area contributed by atoms with Crippen molar-refractivity contribution < 1.29 is 14.0 Å². The maximum absolute atomic E-state index is 12.6. The average Bonchev–Trinajstić information content (AvgIpc) is 3.08. The SMILES string of the molecule is CC(=O)C1=CC2CC(=N1)/C=C\C=C(\C(=O)NCc1ccoc1)C2C. The fourth-order valence-electron chi connectivity index (χ4n) is 2.97. The van der Waals surface area contributed by atoms with Crippen LogP contribution in [0.25, 0.3) is 0 Å². The molecule has 2 heterocycles. The van der Waals surface area contributed by atoms with Gasteiger partial charge in [0.1, 0.15) is 5.70 Å². The number of nitrogens with one attached hydrogen (secondary N) is 1. The van der Waals surface area contributed by atoms with Crippen molar-refractivity contribution in [3.8, 4) is 0 Å². The van der Waals surface area contributed by atoms with Crippen molar-refractivity contribution in [1.29, 1.82) is 0 Å². The maximum Gasteiger partial charge on any atom is 0.247 e. The molecule has 0 fully saturated rings. The van der Waals surface area contributed by atoms with E-state index in [4.69, 9.17) is 4.42 Å². The van der Waals surface area contributed by atoms with E-state index in [-0.39, 0.29) is 23.5 Å². The molecule has 0 saturated heterocycles. The average molecular weight is 324 g/mol. The van der Waals surface area contributed by atoms with Crippen molar-refractivity contribution in [1.82, 2.24) is 5.32 Å². The Morgan fingerprint density at radius 2 is 2.25 bits per heavy atom. The molecule has 1 aliphatic heterocycles. The summed E-state index contributed by atoms with van der Waals surface area (Å²) in [5.41, 5.74) is 3.00. The number of nitrogens with zero attached hydrogens (tertiary/aromatic N) is 1. The Hall–Kier alpha value is -2.69. The number of carbonyl (C=O) groups excluding carboxylic acids is 2. The fraction of sp³-hybridized carbons (Fsp3) is 0.316. The zero-order valence-electron chi connectivity index (χ0n) is 13.8. The molecule has 2 bridgehead atoms. The van der Waals surface area contributed by atoms with Gasteiger partial charge >= 0.3 is 0 Å². The van der Waals surface area contributed by atoms with Gasteiger partial charge in [0.2, 0.25) is 5.91 Å². The summed E-state index contributed by atoms with van der Waals surface area (Å²) in [7, 11) is 0. The van der Waals surface area contributed by atoms with Gasteiger partial charge in [0.05, 0.1) is 12.5 Å². The van der Waals surface area contributed by atoms with E-state index in [9.17, 15) is 9.59 Å². The van der Waals surface area contributed by atoms with E-state index < -0.39 is 0 Å². The molecule has 1 aromatic rings. The largest absolute Gasteiger partial charge is 0.472 e. The summed E-state index contributed by atoms with van der Waals surface area (Å²) in [6.07, 6.45) is 11.4. The number of amides is 1. The number of hydrogen-bond acceptors (Lipinski definition) is 4. The van der Waals surface area contributed by atoms with E-state index in [2.05, 4.69) is 10.3 Å². The number of aliphatic imine (C=N–C) groups is 1. The molecule has 0 aromatic carbocycles. The number of allylic oxidation sites excluding steroid dienone is 5. The van der Waals surface area contributed by atoms with Gasteiger partial charge in [-0.3, -0.25) is 14.6 Å². The van der Waals surface area contributed by atoms with E-state index in [1.165, 1.54) is 6.92 Å². The van der Waals surface area contributed by atoms with Crippen molar-refractivity contribution in [3.63, 3.8) is 0 Å². The molecule has 2 unspecified atom stereocenters. The monoisotopic (exact) mass is 324 g/mol. The predicted molar refractivity (Wildman–Crippen MR) is 91.2 cm³/mol. The third-order valence-electron chi connectivity index (χ3n) is 4.43. The highest BCUT2D eigenvalue weighted by molar-refractivity contribution is 6.04. The molecule has 1 aromatic heterocycles. The van der Waals surface area contributed by atoms with Crippen molar-refractivity contribution in [2.45, 2.75) is 26.8 Å². The molecule has 5 nitrogen and oxygen atoms in total. The van der Waals surface area contributed by atoms with Gasteiger partial charge in [-0.25, -0.2) is 0 Å². The van der Waals surface area contributed by atoms with E-state index in [1.54, 1.807) is 12.5 Å². The van der Waals surface area contributed by atoms with Crippen LogP contribution >= 0.6 is 0 Å². The molecule has 1 N–H and O–H groups in total. The third kappa shape index (κ3) is 3.45. The molecule has 0 radical (unpaired) electrons. The minimum atomic E-state index is -0.0999. The summed E-state index contributed by atoms with van der Waals surface area (Å²) in [5, 5.41) is 2.92. The van der Waals surface area contributed by atoms with E-state index in [0.29, 0.717) is 17.8 Å². The van der Waals surface area contributed by atoms with Gasteiger partial charge in [0.15, 0.2) is 5.78 Å². The van der Waals surface area contributed by atoms with Crippen molar-refractivity contribution in [2.24, 2.45) is 16.8 Å². The zero-order valence-corrected chi connectivity index (χ0v) is 13.8. The van der Waals surface area contributed by atoms with E-state index >= 15 is 0 Å². The molecule has 2 atom stereocenters. The fourth-order valence-corrected chi connectivity index (χ4v) is 2.97. The summed E-state index contributed by atoms with van der Waals surface area (Å²) in [6, 6.07) is 1.82. The summed E-state index contributed by atoms with van der Waals surface area (Å²) in [6.45, 7) is 3.96. The molecule has 0 saturated carbocycles. The standard InChI is InChI=1S/C19H20N2O3/c1-12-15-8-16(21-18(9-15)13(2)22)4-3-5-17(12)19(23)20-10-14-6-7-24-11-14/h3-7,9,11-12,15H,8,10H2,1-2H3,(H,20,23)/b4-3-,17-5+. The lowest BCUT2D eigenvalue weighted by molar-refractivity contribution is -0.118. The highest BCUT2D eigenvalue weighted by Crippen LogP contribution is 2.31.